The highest BCUT2D eigenvalue weighted by atomic mass is 32.2. The van der Waals surface area contributed by atoms with Crippen molar-refractivity contribution in [2.45, 2.75) is 24.8 Å². The van der Waals surface area contributed by atoms with Crippen molar-refractivity contribution in [3.05, 3.63) is 29.3 Å². The maximum Gasteiger partial charge on any atom is 0.325 e. The Morgan fingerprint density at radius 2 is 2.00 bits per heavy atom. The van der Waals surface area contributed by atoms with Crippen molar-refractivity contribution in [1.29, 1.82) is 0 Å². The minimum Gasteiger partial charge on any atom is -0.480 e. The quantitative estimate of drug-likeness (QED) is 0.806. The van der Waals surface area contributed by atoms with Gasteiger partial charge in [-0.15, -0.1) is 0 Å². The first kappa shape index (κ1) is 16.0. The molecule has 2 rings (SSSR count). The van der Waals surface area contributed by atoms with Crippen LogP contribution in [0.4, 0.5) is 0 Å². The molecule has 9 heteroatoms. The Kier molecular flexibility index (Phi) is 3.92. The Balaban J connectivity index is 2.40. The maximum atomic E-state index is 12.2. The van der Waals surface area contributed by atoms with Crippen LogP contribution >= 0.6 is 0 Å². The molecule has 0 bridgehead atoms. The van der Waals surface area contributed by atoms with Crippen molar-refractivity contribution < 1.29 is 27.9 Å². The van der Waals surface area contributed by atoms with E-state index in [1.54, 1.807) is 0 Å². The van der Waals surface area contributed by atoms with Gasteiger partial charge in [-0.2, -0.15) is 0 Å². The fourth-order valence-electron chi connectivity index (χ4n) is 2.07. The minimum atomic E-state index is -3.96. The van der Waals surface area contributed by atoms with Crippen molar-refractivity contribution in [2.75, 3.05) is 6.54 Å². The van der Waals surface area contributed by atoms with Gasteiger partial charge in [0.2, 0.25) is 0 Å². The molecule has 0 radical (unpaired) electrons. The van der Waals surface area contributed by atoms with E-state index in [1.165, 1.54) is 26.0 Å². The van der Waals surface area contributed by atoms with Gasteiger partial charge in [0.25, 0.3) is 21.8 Å². The normalized spacial score (nSPS) is 17.0. The highest BCUT2D eigenvalue weighted by Crippen LogP contribution is 2.30. The molecule has 2 amide bonds. The van der Waals surface area contributed by atoms with Crippen LogP contribution in [0.25, 0.3) is 0 Å². The number of hydrogen-bond acceptors (Lipinski definition) is 5. The standard InChI is InChI=1S/C13H14N2O6S/c1-3-15-12(17)9-5-4-8(6-10(9)22(15,20)21)11(16)14-7(2)13(18)19/h4-7H,3H2,1-2H3,(H,14,16)(H,18,19)/t7-/m1/s1. The third kappa shape index (κ3) is 2.43. The van der Waals surface area contributed by atoms with Crippen LogP contribution < -0.4 is 5.32 Å². The number of sulfonamides is 1. The topological polar surface area (TPSA) is 121 Å². The van der Waals surface area contributed by atoms with Gasteiger partial charge < -0.3 is 10.4 Å². The van der Waals surface area contributed by atoms with Gasteiger partial charge in [0, 0.05) is 12.1 Å². The molecule has 1 aromatic rings. The number of rotatable bonds is 4. The number of nitrogens with one attached hydrogen (secondary N) is 1. The molecule has 118 valence electrons. The van der Waals surface area contributed by atoms with Crippen LogP contribution in [-0.4, -0.2) is 48.2 Å². The molecule has 0 unspecified atom stereocenters. The average molecular weight is 326 g/mol. The van der Waals surface area contributed by atoms with E-state index in [0.717, 1.165) is 10.4 Å². The molecular formula is C13H14N2O6S. The van der Waals surface area contributed by atoms with Crippen molar-refractivity contribution in [3.63, 3.8) is 0 Å². The van der Waals surface area contributed by atoms with Gasteiger partial charge in [-0.05, 0) is 32.0 Å². The largest absolute Gasteiger partial charge is 0.480 e. The minimum absolute atomic E-state index is 0.00434. The molecule has 1 aliphatic rings. The predicted molar refractivity (Wildman–Crippen MR) is 74.9 cm³/mol. The fraction of sp³-hybridized carbons (Fsp3) is 0.308. The van der Waals surface area contributed by atoms with E-state index in [1.807, 2.05) is 0 Å². The van der Waals surface area contributed by atoms with Crippen LogP contribution in [0.5, 0.6) is 0 Å². The highest BCUT2D eigenvalue weighted by molar-refractivity contribution is 7.90. The first-order valence-electron chi connectivity index (χ1n) is 6.45. The van der Waals surface area contributed by atoms with Crippen molar-refractivity contribution in [1.82, 2.24) is 9.62 Å². The molecule has 1 atom stereocenters. The summed E-state index contributed by atoms with van der Waals surface area (Å²) in [5, 5.41) is 11.0. The predicted octanol–water partition coefficient (Wildman–Crippen LogP) is 0.0539. The van der Waals surface area contributed by atoms with Crippen LogP contribution in [0.3, 0.4) is 0 Å². The van der Waals surface area contributed by atoms with Crippen molar-refractivity contribution in [3.8, 4) is 0 Å². The molecule has 0 aromatic heterocycles. The Labute approximate surface area is 126 Å². The number of carbonyl (C=O) groups excluding carboxylic acids is 2. The molecule has 1 aromatic carbocycles. The summed E-state index contributed by atoms with van der Waals surface area (Å²) in [5.41, 5.74) is -0.0224. The number of hydrogen-bond donors (Lipinski definition) is 2. The molecule has 8 nitrogen and oxygen atoms in total. The summed E-state index contributed by atoms with van der Waals surface area (Å²) in [4.78, 5) is 34.4. The van der Waals surface area contributed by atoms with Crippen LogP contribution in [0.2, 0.25) is 0 Å². The van der Waals surface area contributed by atoms with E-state index < -0.39 is 33.8 Å². The fourth-order valence-corrected chi connectivity index (χ4v) is 3.67. The Morgan fingerprint density at radius 3 is 2.55 bits per heavy atom. The second-order valence-corrected chi connectivity index (χ2v) is 6.55. The molecule has 0 spiro atoms. The van der Waals surface area contributed by atoms with E-state index in [0.29, 0.717) is 0 Å². The number of fused-ring (bicyclic) bond motifs is 1. The number of aliphatic carboxylic acids is 1. The third-order valence-corrected chi connectivity index (χ3v) is 5.17. The van der Waals surface area contributed by atoms with Crippen LogP contribution in [-0.2, 0) is 14.8 Å². The molecular weight excluding hydrogens is 312 g/mol. The number of nitrogens with zero attached hydrogens (tertiary/aromatic N) is 1. The lowest BCUT2D eigenvalue weighted by atomic mass is 10.1. The molecule has 22 heavy (non-hydrogen) atoms. The van der Waals surface area contributed by atoms with E-state index in [2.05, 4.69) is 5.32 Å². The Bertz CT molecular complexity index is 771. The first-order chi connectivity index (χ1) is 10.2. The first-order valence-corrected chi connectivity index (χ1v) is 7.89. The summed E-state index contributed by atoms with van der Waals surface area (Å²) in [6, 6.07) is 2.51. The number of amides is 2. The second-order valence-electron chi connectivity index (χ2n) is 4.72. The summed E-state index contributed by atoms with van der Waals surface area (Å²) < 4.78 is 25.1. The van der Waals surface area contributed by atoms with Crippen LogP contribution in [0.15, 0.2) is 23.1 Å². The lowest BCUT2D eigenvalue weighted by molar-refractivity contribution is -0.138. The lowest BCUT2D eigenvalue weighted by Gasteiger charge is -2.11. The van der Waals surface area contributed by atoms with Gasteiger partial charge >= 0.3 is 5.97 Å². The van der Waals surface area contributed by atoms with E-state index in [9.17, 15) is 22.8 Å². The van der Waals surface area contributed by atoms with Gasteiger partial charge in [-0.1, -0.05) is 0 Å². The number of carbonyl (C=O) groups is 3. The van der Waals surface area contributed by atoms with E-state index >= 15 is 0 Å². The van der Waals surface area contributed by atoms with E-state index in [4.69, 9.17) is 5.11 Å². The SMILES string of the molecule is CCN1C(=O)c2ccc(C(=O)N[C@H](C)C(=O)O)cc2S1(=O)=O. The second kappa shape index (κ2) is 5.41. The summed E-state index contributed by atoms with van der Waals surface area (Å²) in [6.45, 7) is 2.81. The molecule has 0 fully saturated rings. The van der Waals surface area contributed by atoms with Crippen LogP contribution in [0.1, 0.15) is 34.6 Å². The van der Waals surface area contributed by atoms with Crippen molar-refractivity contribution in [2.24, 2.45) is 0 Å². The van der Waals surface area contributed by atoms with E-state index in [-0.39, 0.29) is 22.6 Å². The maximum absolute atomic E-state index is 12.2. The van der Waals surface area contributed by atoms with Gasteiger partial charge in [-0.3, -0.25) is 14.4 Å². The van der Waals surface area contributed by atoms with Gasteiger partial charge in [0.05, 0.1) is 5.56 Å². The summed E-state index contributed by atoms with van der Waals surface area (Å²) >= 11 is 0. The Morgan fingerprint density at radius 1 is 1.36 bits per heavy atom. The lowest BCUT2D eigenvalue weighted by Crippen LogP contribution is -2.38. The molecule has 2 N–H and O–H groups in total. The number of benzene rings is 1. The molecule has 0 saturated heterocycles. The van der Waals surface area contributed by atoms with Gasteiger partial charge in [0.1, 0.15) is 10.9 Å². The third-order valence-electron chi connectivity index (χ3n) is 3.27. The van der Waals surface area contributed by atoms with Crippen molar-refractivity contribution >= 4 is 27.8 Å². The van der Waals surface area contributed by atoms with Gasteiger partial charge in [-0.25, -0.2) is 12.7 Å². The average Bonchev–Trinajstić information content (AvgIpc) is 2.65. The smallest absolute Gasteiger partial charge is 0.325 e. The van der Waals surface area contributed by atoms with Gasteiger partial charge in [0.15, 0.2) is 0 Å². The molecule has 0 aliphatic carbocycles. The van der Waals surface area contributed by atoms with Crippen LogP contribution in [0, 0.1) is 0 Å². The zero-order chi connectivity index (χ0) is 16.7. The summed E-state index contributed by atoms with van der Waals surface area (Å²) in [5.74, 6) is -2.58. The summed E-state index contributed by atoms with van der Waals surface area (Å²) in [6.07, 6.45) is 0. The zero-order valence-corrected chi connectivity index (χ0v) is 12.7. The zero-order valence-electron chi connectivity index (χ0n) is 11.9. The molecule has 1 heterocycles. The summed E-state index contributed by atoms with van der Waals surface area (Å²) in [7, 11) is -3.96. The Hall–Kier alpha value is -2.42. The monoisotopic (exact) mass is 326 g/mol. The number of carboxylic acids is 1. The molecule has 0 saturated carbocycles. The highest BCUT2D eigenvalue weighted by Gasteiger charge is 2.40. The molecule has 1 aliphatic heterocycles. The number of carboxylic acid groups (broad SMARTS) is 1.